The maximum atomic E-state index is 12.8. The molecule has 0 radical (unpaired) electrons. The summed E-state index contributed by atoms with van der Waals surface area (Å²) in [5.41, 5.74) is 3.28. The highest BCUT2D eigenvalue weighted by Gasteiger charge is 2.24. The molecule has 1 unspecified atom stereocenters. The van der Waals surface area contributed by atoms with Crippen LogP contribution in [0.15, 0.2) is 53.1 Å². The molecule has 0 N–H and O–H groups in total. The highest BCUT2D eigenvalue weighted by atomic mass is 16.5. The molecule has 1 amide bonds. The van der Waals surface area contributed by atoms with Crippen LogP contribution in [0.4, 0.5) is 0 Å². The third-order valence-electron chi connectivity index (χ3n) is 4.78. The number of ether oxygens (including phenoxy) is 1. The van der Waals surface area contributed by atoms with Crippen molar-refractivity contribution < 1.29 is 14.1 Å². The first-order valence-corrected chi connectivity index (χ1v) is 9.90. The normalized spacial score (nSPS) is 11.9. The van der Waals surface area contributed by atoms with Gasteiger partial charge >= 0.3 is 0 Å². The molecule has 0 fully saturated rings. The van der Waals surface area contributed by atoms with Crippen LogP contribution in [0.2, 0.25) is 0 Å². The minimum atomic E-state index is -0.563. The van der Waals surface area contributed by atoms with E-state index in [2.05, 4.69) is 17.1 Å². The molecule has 6 heteroatoms. The largest absolute Gasteiger partial charge is 0.481 e. The highest BCUT2D eigenvalue weighted by Crippen LogP contribution is 2.19. The fourth-order valence-corrected chi connectivity index (χ4v) is 2.94. The Morgan fingerprint density at radius 2 is 1.79 bits per heavy atom. The number of likely N-dealkylation sites (N-methyl/N-ethyl adjacent to an activating group) is 1. The quantitative estimate of drug-likeness (QED) is 0.566. The fraction of sp³-hybridized carbons (Fsp3) is 0.348. The van der Waals surface area contributed by atoms with Gasteiger partial charge in [-0.1, -0.05) is 61.0 Å². The Balaban J connectivity index is 1.63. The van der Waals surface area contributed by atoms with E-state index in [1.165, 1.54) is 5.56 Å². The van der Waals surface area contributed by atoms with E-state index in [0.29, 0.717) is 23.9 Å². The van der Waals surface area contributed by atoms with Gasteiger partial charge in [0.1, 0.15) is 5.75 Å². The van der Waals surface area contributed by atoms with Gasteiger partial charge in [0.25, 0.3) is 5.91 Å². The molecule has 29 heavy (non-hydrogen) atoms. The molecule has 0 bridgehead atoms. The number of carbonyl (C=O) groups excluding carboxylic acids is 1. The number of hydrogen-bond acceptors (Lipinski definition) is 5. The monoisotopic (exact) mass is 393 g/mol. The van der Waals surface area contributed by atoms with Crippen LogP contribution < -0.4 is 4.74 Å². The summed E-state index contributed by atoms with van der Waals surface area (Å²) >= 11 is 0. The SMILES string of the molecule is CCc1ccc(OC(CC)C(=O)N(C)Cc2nc(-c3ccc(C)cc3)no2)cc1. The van der Waals surface area contributed by atoms with E-state index in [1.54, 1.807) is 11.9 Å². The summed E-state index contributed by atoms with van der Waals surface area (Å²) in [7, 11) is 1.71. The van der Waals surface area contributed by atoms with Gasteiger partial charge in [-0.3, -0.25) is 4.79 Å². The van der Waals surface area contributed by atoms with Gasteiger partial charge in [-0.15, -0.1) is 0 Å². The van der Waals surface area contributed by atoms with Crippen molar-refractivity contribution in [3.05, 3.63) is 65.5 Å². The lowest BCUT2D eigenvalue weighted by molar-refractivity contribution is -0.138. The standard InChI is InChI=1S/C23H27N3O3/c1-5-17-9-13-19(14-10-17)28-20(6-2)23(27)26(4)15-21-24-22(25-29-21)18-11-7-16(3)8-12-18/h7-14,20H,5-6,15H2,1-4H3. The zero-order chi connectivity index (χ0) is 20.8. The smallest absolute Gasteiger partial charge is 0.263 e. The Bertz CT molecular complexity index is 933. The van der Waals surface area contributed by atoms with E-state index >= 15 is 0 Å². The molecule has 1 aromatic heterocycles. The predicted molar refractivity (Wildman–Crippen MR) is 111 cm³/mol. The number of aryl methyl sites for hydroxylation is 2. The topological polar surface area (TPSA) is 68.5 Å². The van der Waals surface area contributed by atoms with Gasteiger partial charge in [-0.05, 0) is 37.5 Å². The maximum Gasteiger partial charge on any atom is 0.263 e. The van der Waals surface area contributed by atoms with Crippen molar-refractivity contribution in [3.8, 4) is 17.1 Å². The molecule has 1 atom stereocenters. The zero-order valence-corrected chi connectivity index (χ0v) is 17.4. The average molecular weight is 393 g/mol. The van der Waals surface area contributed by atoms with Crippen LogP contribution >= 0.6 is 0 Å². The number of benzene rings is 2. The molecule has 0 saturated heterocycles. The minimum Gasteiger partial charge on any atom is -0.481 e. The summed E-state index contributed by atoms with van der Waals surface area (Å²) in [4.78, 5) is 18.8. The lowest BCUT2D eigenvalue weighted by atomic mass is 10.1. The molecule has 3 rings (SSSR count). The van der Waals surface area contributed by atoms with Crippen LogP contribution in [0, 0.1) is 6.92 Å². The van der Waals surface area contributed by atoms with Crippen LogP contribution in [0.25, 0.3) is 11.4 Å². The summed E-state index contributed by atoms with van der Waals surface area (Å²) in [6.45, 7) is 6.28. The van der Waals surface area contributed by atoms with Crippen molar-refractivity contribution in [2.75, 3.05) is 7.05 Å². The molecule has 0 aliphatic rings. The molecule has 0 saturated carbocycles. The summed E-state index contributed by atoms with van der Waals surface area (Å²) in [5.74, 6) is 1.47. The number of rotatable bonds is 8. The Hall–Kier alpha value is -3.15. The van der Waals surface area contributed by atoms with E-state index in [1.807, 2.05) is 62.4 Å². The first-order valence-electron chi connectivity index (χ1n) is 9.90. The second-order valence-corrected chi connectivity index (χ2v) is 7.08. The van der Waals surface area contributed by atoms with Crippen LogP contribution in [0.1, 0.15) is 37.3 Å². The summed E-state index contributed by atoms with van der Waals surface area (Å²) in [6, 6.07) is 15.7. The Morgan fingerprint density at radius 3 is 2.41 bits per heavy atom. The minimum absolute atomic E-state index is 0.123. The number of hydrogen-bond donors (Lipinski definition) is 0. The molecule has 2 aromatic carbocycles. The first kappa shape index (κ1) is 20.6. The molecule has 0 aliphatic carbocycles. The van der Waals surface area contributed by atoms with Crippen molar-refractivity contribution >= 4 is 5.91 Å². The number of amides is 1. The van der Waals surface area contributed by atoms with Crippen molar-refractivity contribution in [1.82, 2.24) is 15.0 Å². The Labute approximate surface area is 171 Å². The van der Waals surface area contributed by atoms with Crippen molar-refractivity contribution in [2.45, 2.75) is 46.3 Å². The molecular formula is C23H27N3O3. The van der Waals surface area contributed by atoms with Gasteiger partial charge in [0.15, 0.2) is 6.10 Å². The summed E-state index contributed by atoms with van der Waals surface area (Å²) < 4.78 is 11.2. The van der Waals surface area contributed by atoms with Crippen molar-refractivity contribution in [2.24, 2.45) is 0 Å². The van der Waals surface area contributed by atoms with Crippen LogP contribution in [-0.2, 0) is 17.8 Å². The van der Waals surface area contributed by atoms with Gasteiger partial charge in [-0.25, -0.2) is 0 Å². The van der Waals surface area contributed by atoms with Gasteiger partial charge in [0.05, 0.1) is 6.54 Å². The molecule has 152 valence electrons. The van der Waals surface area contributed by atoms with Gasteiger partial charge < -0.3 is 14.2 Å². The number of carbonyl (C=O) groups is 1. The first-order chi connectivity index (χ1) is 14.0. The third-order valence-corrected chi connectivity index (χ3v) is 4.78. The number of nitrogens with zero attached hydrogens (tertiary/aromatic N) is 3. The van der Waals surface area contributed by atoms with Crippen molar-refractivity contribution in [3.63, 3.8) is 0 Å². The fourth-order valence-electron chi connectivity index (χ4n) is 2.94. The Kier molecular flexibility index (Phi) is 6.65. The molecular weight excluding hydrogens is 366 g/mol. The van der Waals surface area contributed by atoms with Gasteiger partial charge in [0.2, 0.25) is 11.7 Å². The Morgan fingerprint density at radius 1 is 1.10 bits per heavy atom. The summed E-state index contributed by atoms with van der Waals surface area (Å²) in [6.07, 6.45) is 0.970. The summed E-state index contributed by atoms with van der Waals surface area (Å²) in [5, 5.41) is 4.02. The van der Waals surface area contributed by atoms with E-state index in [-0.39, 0.29) is 12.5 Å². The van der Waals surface area contributed by atoms with Gasteiger partial charge in [-0.2, -0.15) is 4.98 Å². The zero-order valence-electron chi connectivity index (χ0n) is 17.4. The lowest BCUT2D eigenvalue weighted by Gasteiger charge is -2.22. The van der Waals surface area contributed by atoms with Crippen LogP contribution in [0.5, 0.6) is 5.75 Å². The predicted octanol–water partition coefficient (Wildman–Crippen LogP) is 4.42. The molecule has 3 aromatic rings. The second kappa shape index (κ2) is 9.37. The second-order valence-electron chi connectivity index (χ2n) is 7.08. The van der Waals surface area contributed by atoms with E-state index in [9.17, 15) is 4.79 Å². The van der Waals surface area contributed by atoms with Crippen LogP contribution in [0.3, 0.4) is 0 Å². The van der Waals surface area contributed by atoms with E-state index in [0.717, 1.165) is 17.5 Å². The third kappa shape index (κ3) is 5.22. The average Bonchev–Trinajstić information content (AvgIpc) is 3.20. The molecule has 0 spiro atoms. The van der Waals surface area contributed by atoms with Crippen molar-refractivity contribution in [1.29, 1.82) is 0 Å². The maximum absolute atomic E-state index is 12.8. The molecule has 0 aliphatic heterocycles. The van der Waals surface area contributed by atoms with Gasteiger partial charge in [0, 0.05) is 12.6 Å². The molecule has 6 nitrogen and oxygen atoms in total. The lowest BCUT2D eigenvalue weighted by Crippen LogP contribution is -2.39. The van der Waals surface area contributed by atoms with Crippen LogP contribution in [-0.4, -0.2) is 34.1 Å². The molecule has 1 heterocycles. The highest BCUT2D eigenvalue weighted by molar-refractivity contribution is 5.80. The number of aromatic nitrogens is 2. The van der Waals surface area contributed by atoms with E-state index < -0.39 is 6.10 Å². The van der Waals surface area contributed by atoms with E-state index in [4.69, 9.17) is 9.26 Å².